The number of thiophene rings is 1. The van der Waals surface area contributed by atoms with Crippen molar-refractivity contribution in [2.45, 2.75) is 6.61 Å². The molecule has 0 N–H and O–H groups in total. The van der Waals surface area contributed by atoms with Crippen LogP contribution in [0.3, 0.4) is 0 Å². The maximum absolute atomic E-state index is 11.5. The van der Waals surface area contributed by atoms with Crippen molar-refractivity contribution in [1.82, 2.24) is 4.98 Å². The second-order valence-electron chi connectivity index (χ2n) is 3.61. The molecule has 0 bridgehead atoms. The predicted octanol–water partition coefficient (Wildman–Crippen LogP) is 4.32. The highest BCUT2D eigenvalue weighted by Gasteiger charge is 2.01. The van der Waals surface area contributed by atoms with E-state index in [2.05, 4.69) is 20.9 Å². The Bertz CT molecular complexity index is 612. The fourth-order valence-corrected chi connectivity index (χ4v) is 2.69. The van der Waals surface area contributed by atoms with Crippen molar-refractivity contribution in [2.24, 2.45) is 0 Å². The van der Waals surface area contributed by atoms with Crippen LogP contribution < -0.4 is 0 Å². The first kappa shape index (κ1) is 14.2. The molecule has 19 heavy (non-hydrogen) atoms. The first-order valence-electron chi connectivity index (χ1n) is 5.33. The highest BCUT2D eigenvalue weighted by Crippen LogP contribution is 2.21. The Hall–Kier alpha value is -1.17. The highest BCUT2D eigenvalue weighted by molar-refractivity contribution is 9.11. The zero-order valence-electron chi connectivity index (χ0n) is 9.68. The Kier molecular flexibility index (Phi) is 5.13. The third-order valence-electron chi connectivity index (χ3n) is 2.17. The van der Waals surface area contributed by atoms with Gasteiger partial charge in [-0.2, -0.15) is 0 Å². The van der Waals surface area contributed by atoms with Gasteiger partial charge < -0.3 is 4.74 Å². The number of aromatic nitrogens is 1. The Labute approximate surface area is 128 Å². The van der Waals surface area contributed by atoms with Gasteiger partial charge in [0.05, 0.1) is 3.79 Å². The van der Waals surface area contributed by atoms with E-state index in [0.717, 1.165) is 14.9 Å². The lowest BCUT2D eigenvalue weighted by molar-refractivity contribution is -0.138. The summed E-state index contributed by atoms with van der Waals surface area (Å²) < 4.78 is 6.12. The normalized spacial score (nSPS) is 10.8. The van der Waals surface area contributed by atoms with Gasteiger partial charge in [-0.15, -0.1) is 11.3 Å². The molecule has 6 heteroatoms. The Morgan fingerprint density at radius 2 is 2.37 bits per heavy atom. The average Bonchev–Trinajstić information content (AvgIpc) is 2.80. The number of nitrogens with zero attached hydrogens (tertiary/aromatic N) is 1. The molecule has 0 aliphatic rings. The van der Waals surface area contributed by atoms with Crippen LogP contribution in [0.5, 0.6) is 0 Å². The molecule has 2 aromatic heterocycles. The van der Waals surface area contributed by atoms with Gasteiger partial charge >= 0.3 is 5.97 Å². The van der Waals surface area contributed by atoms with Crippen molar-refractivity contribution >= 4 is 50.9 Å². The minimum absolute atomic E-state index is 0.266. The lowest BCUT2D eigenvalue weighted by Gasteiger charge is -1.99. The molecule has 3 nitrogen and oxygen atoms in total. The summed E-state index contributed by atoms with van der Waals surface area (Å²) in [5.41, 5.74) is 1.76. The molecule has 0 aliphatic heterocycles. The summed E-state index contributed by atoms with van der Waals surface area (Å²) in [5.74, 6) is -0.393. The SMILES string of the molecule is O=C(/C=C/c1ccnc(Cl)c1)OCc1csc(Br)c1. The summed E-state index contributed by atoms with van der Waals surface area (Å²) in [6.45, 7) is 0.266. The zero-order valence-corrected chi connectivity index (χ0v) is 12.8. The van der Waals surface area contributed by atoms with Crippen LogP contribution in [0.25, 0.3) is 6.08 Å². The molecule has 0 amide bonds. The molecule has 2 aromatic rings. The van der Waals surface area contributed by atoms with Crippen molar-refractivity contribution < 1.29 is 9.53 Å². The zero-order chi connectivity index (χ0) is 13.7. The topological polar surface area (TPSA) is 39.2 Å². The van der Waals surface area contributed by atoms with Gasteiger partial charge in [0.15, 0.2) is 0 Å². The summed E-state index contributed by atoms with van der Waals surface area (Å²) in [5, 5.41) is 2.32. The Morgan fingerprint density at radius 1 is 1.53 bits per heavy atom. The standard InChI is InChI=1S/C13H9BrClNO2S/c14-11-5-10(8-19-11)7-18-13(17)2-1-9-3-4-16-12(15)6-9/h1-6,8H,7H2/b2-1+. The average molecular weight is 359 g/mol. The molecule has 0 radical (unpaired) electrons. The van der Waals surface area contributed by atoms with E-state index in [-0.39, 0.29) is 6.61 Å². The van der Waals surface area contributed by atoms with Crippen LogP contribution in [0.2, 0.25) is 5.15 Å². The molecule has 0 aliphatic carbocycles. The van der Waals surface area contributed by atoms with Crippen LogP contribution in [-0.4, -0.2) is 11.0 Å². The molecule has 2 rings (SSSR count). The molecule has 2 heterocycles. The highest BCUT2D eigenvalue weighted by atomic mass is 79.9. The maximum Gasteiger partial charge on any atom is 0.331 e. The number of carbonyl (C=O) groups excluding carboxylic acids is 1. The lowest BCUT2D eigenvalue weighted by Crippen LogP contribution is -1.99. The van der Waals surface area contributed by atoms with Crippen molar-refractivity contribution in [3.8, 4) is 0 Å². The van der Waals surface area contributed by atoms with Gasteiger partial charge in [-0.3, -0.25) is 0 Å². The van der Waals surface area contributed by atoms with Crippen LogP contribution in [-0.2, 0) is 16.1 Å². The first-order valence-corrected chi connectivity index (χ1v) is 7.38. The number of hydrogen-bond donors (Lipinski definition) is 0. The van der Waals surface area contributed by atoms with Crippen LogP contribution in [0, 0.1) is 0 Å². The summed E-state index contributed by atoms with van der Waals surface area (Å²) >= 11 is 10.6. The summed E-state index contributed by atoms with van der Waals surface area (Å²) in [7, 11) is 0. The predicted molar refractivity (Wildman–Crippen MR) is 80.1 cm³/mol. The number of ether oxygens (including phenoxy) is 1. The molecular formula is C13H9BrClNO2S. The monoisotopic (exact) mass is 357 g/mol. The Balaban J connectivity index is 1.87. The number of rotatable bonds is 4. The molecule has 0 saturated heterocycles. The largest absolute Gasteiger partial charge is 0.458 e. The smallest absolute Gasteiger partial charge is 0.331 e. The molecular weight excluding hydrogens is 350 g/mol. The molecule has 98 valence electrons. The van der Waals surface area contributed by atoms with E-state index in [1.54, 1.807) is 35.7 Å². The second-order valence-corrected chi connectivity index (χ2v) is 6.29. The van der Waals surface area contributed by atoms with E-state index in [1.807, 2.05) is 11.4 Å². The fourth-order valence-electron chi connectivity index (χ4n) is 1.31. The third kappa shape index (κ3) is 4.78. The number of halogens is 2. The molecule has 0 atom stereocenters. The summed E-state index contributed by atoms with van der Waals surface area (Å²) in [6.07, 6.45) is 4.59. The summed E-state index contributed by atoms with van der Waals surface area (Å²) in [6, 6.07) is 5.34. The lowest BCUT2D eigenvalue weighted by atomic mass is 10.2. The Morgan fingerprint density at radius 3 is 3.05 bits per heavy atom. The van der Waals surface area contributed by atoms with Crippen molar-refractivity contribution in [3.05, 3.63) is 55.9 Å². The minimum atomic E-state index is -0.393. The van der Waals surface area contributed by atoms with E-state index >= 15 is 0 Å². The number of esters is 1. The van der Waals surface area contributed by atoms with Crippen LogP contribution in [0.15, 0.2) is 39.6 Å². The fraction of sp³-hybridized carbons (Fsp3) is 0.0769. The third-order valence-corrected chi connectivity index (χ3v) is 3.93. The van der Waals surface area contributed by atoms with Gasteiger partial charge in [-0.1, -0.05) is 11.6 Å². The van der Waals surface area contributed by atoms with E-state index in [0.29, 0.717) is 5.15 Å². The van der Waals surface area contributed by atoms with Crippen molar-refractivity contribution in [3.63, 3.8) is 0 Å². The van der Waals surface area contributed by atoms with Gasteiger partial charge in [0.1, 0.15) is 11.8 Å². The van der Waals surface area contributed by atoms with E-state index in [4.69, 9.17) is 16.3 Å². The molecule has 0 fully saturated rings. The van der Waals surface area contributed by atoms with Crippen LogP contribution in [0.4, 0.5) is 0 Å². The van der Waals surface area contributed by atoms with E-state index in [1.165, 1.54) is 6.08 Å². The maximum atomic E-state index is 11.5. The van der Waals surface area contributed by atoms with Gasteiger partial charge in [-0.05, 0) is 51.1 Å². The number of carbonyl (C=O) groups is 1. The summed E-state index contributed by atoms with van der Waals surface area (Å²) in [4.78, 5) is 15.4. The van der Waals surface area contributed by atoms with Crippen molar-refractivity contribution in [2.75, 3.05) is 0 Å². The van der Waals surface area contributed by atoms with E-state index in [9.17, 15) is 4.79 Å². The molecule has 0 spiro atoms. The minimum Gasteiger partial charge on any atom is -0.458 e. The van der Waals surface area contributed by atoms with Crippen LogP contribution in [0.1, 0.15) is 11.1 Å². The quantitative estimate of drug-likeness (QED) is 0.464. The number of hydrogen-bond acceptors (Lipinski definition) is 4. The number of pyridine rings is 1. The first-order chi connectivity index (χ1) is 9.13. The van der Waals surface area contributed by atoms with Crippen molar-refractivity contribution in [1.29, 1.82) is 0 Å². The van der Waals surface area contributed by atoms with Gasteiger partial charge in [-0.25, -0.2) is 9.78 Å². The van der Waals surface area contributed by atoms with E-state index < -0.39 is 5.97 Å². The van der Waals surface area contributed by atoms with Gasteiger partial charge in [0.25, 0.3) is 0 Å². The van der Waals surface area contributed by atoms with Crippen LogP contribution >= 0.6 is 38.9 Å². The molecule has 0 unspecified atom stereocenters. The second kappa shape index (κ2) is 6.84. The molecule has 0 saturated carbocycles. The van der Waals surface area contributed by atoms with Gasteiger partial charge in [0, 0.05) is 17.8 Å². The molecule has 0 aromatic carbocycles. The van der Waals surface area contributed by atoms with Gasteiger partial charge in [0.2, 0.25) is 0 Å².